The van der Waals surface area contributed by atoms with Gasteiger partial charge in [0.1, 0.15) is 0 Å². The molecule has 4 nitrogen and oxygen atoms in total. The molecule has 0 bridgehead atoms. The van der Waals surface area contributed by atoms with E-state index in [1.807, 2.05) is 6.08 Å². The Morgan fingerprint density at radius 1 is 0.500 bits per heavy atom. The fourth-order valence-electron chi connectivity index (χ4n) is 6.53. The van der Waals surface area contributed by atoms with Gasteiger partial charge in [-0.25, -0.2) is 0 Å². The monoisotopic (exact) mass is 650 g/mol. The molecule has 274 valence electrons. The summed E-state index contributed by atoms with van der Waals surface area (Å²) in [5.41, 5.74) is 0. The minimum Gasteiger partial charge on any atom is -0.394 e. The molecule has 46 heavy (non-hydrogen) atoms. The highest BCUT2D eigenvalue weighted by molar-refractivity contribution is 5.76. The highest BCUT2D eigenvalue weighted by Crippen LogP contribution is 2.16. The standard InChI is InChI=1S/C42H83NO3/c1-3-5-7-9-11-13-15-16-17-18-19-20-21-22-23-24-25-26-28-29-31-33-35-37-41(45)40(39-44)43-42(46)38-36-34-32-30-27-14-12-10-8-6-4-2/h35,37,40-41,44-45H,3-34,36,38-39H2,1-2H3,(H,43,46)/b37-35+. The minimum atomic E-state index is -0.832. The van der Waals surface area contributed by atoms with Crippen LogP contribution in [0.15, 0.2) is 12.2 Å². The third-order valence-corrected chi connectivity index (χ3v) is 9.77. The summed E-state index contributed by atoms with van der Waals surface area (Å²) in [6, 6.07) is -0.615. The van der Waals surface area contributed by atoms with Crippen molar-refractivity contribution in [3.63, 3.8) is 0 Å². The second-order valence-corrected chi connectivity index (χ2v) is 14.4. The molecule has 0 aromatic rings. The number of allylic oxidation sites excluding steroid dienone is 1. The lowest BCUT2D eigenvalue weighted by atomic mass is 10.0. The van der Waals surface area contributed by atoms with Crippen molar-refractivity contribution in [3.05, 3.63) is 12.2 Å². The molecule has 0 fully saturated rings. The average Bonchev–Trinajstić information content (AvgIpc) is 3.06. The number of amides is 1. The molecule has 2 unspecified atom stereocenters. The normalized spacial score (nSPS) is 13.0. The van der Waals surface area contributed by atoms with Crippen molar-refractivity contribution < 1.29 is 15.0 Å². The maximum Gasteiger partial charge on any atom is 0.220 e. The molecular formula is C42H83NO3. The number of carbonyl (C=O) groups is 1. The summed E-state index contributed by atoms with van der Waals surface area (Å²) in [7, 11) is 0. The molecule has 0 saturated carbocycles. The Morgan fingerprint density at radius 3 is 1.13 bits per heavy atom. The zero-order valence-electron chi connectivity index (χ0n) is 31.4. The van der Waals surface area contributed by atoms with Crippen molar-refractivity contribution >= 4 is 5.91 Å². The molecule has 0 aliphatic rings. The summed E-state index contributed by atoms with van der Waals surface area (Å²) < 4.78 is 0. The van der Waals surface area contributed by atoms with Crippen molar-refractivity contribution in [3.8, 4) is 0 Å². The number of carbonyl (C=O) groups excluding carboxylic acids is 1. The van der Waals surface area contributed by atoms with Crippen molar-refractivity contribution in [2.75, 3.05) is 6.61 Å². The Hall–Kier alpha value is -0.870. The lowest BCUT2D eigenvalue weighted by Gasteiger charge is -2.20. The third-order valence-electron chi connectivity index (χ3n) is 9.77. The molecule has 0 aromatic carbocycles. The van der Waals surface area contributed by atoms with Gasteiger partial charge in [-0.3, -0.25) is 4.79 Å². The summed E-state index contributed by atoms with van der Waals surface area (Å²) in [5.74, 6) is -0.0632. The first-order valence-electron chi connectivity index (χ1n) is 20.9. The van der Waals surface area contributed by atoms with Gasteiger partial charge in [-0.05, 0) is 19.3 Å². The van der Waals surface area contributed by atoms with Gasteiger partial charge < -0.3 is 15.5 Å². The summed E-state index contributed by atoms with van der Waals surface area (Å²) in [6.07, 6.45) is 47.5. The van der Waals surface area contributed by atoms with Gasteiger partial charge in [0.05, 0.1) is 18.8 Å². The van der Waals surface area contributed by atoms with E-state index in [-0.39, 0.29) is 12.5 Å². The SMILES string of the molecule is CCCCCCCCCCCCCCCCCCCCCCC/C=C/C(O)C(CO)NC(=O)CCCCCCCCCCCCC. The van der Waals surface area contributed by atoms with Gasteiger partial charge in [-0.1, -0.05) is 219 Å². The van der Waals surface area contributed by atoms with Crippen LogP contribution in [0.4, 0.5) is 0 Å². The van der Waals surface area contributed by atoms with E-state index in [1.54, 1.807) is 6.08 Å². The van der Waals surface area contributed by atoms with Crippen molar-refractivity contribution in [2.45, 2.75) is 244 Å². The highest BCUT2D eigenvalue weighted by atomic mass is 16.3. The number of unbranched alkanes of at least 4 members (excludes halogenated alkanes) is 31. The zero-order chi connectivity index (χ0) is 33.6. The first-order valence-corrected chi connectivity index (χ1v) is 20.9. The molecular weight excluding hydrogens is 566 g/mol. The molecule has 0 aliphatic heterocycles. The van der Waals surface area contributed by atoms with Crippen molar-refractivity contribution in [2.24, 2.45) is 0 Å². The molecule has 0 aromatic heterocycles. The predicted octanol–water partition coefficient (Wildman–Crippen LogP) is 12.7. The van der Waals surface area contributed by atoms with E-state index in [1.165, 1.54) is 186 Å². The zero-order valence-corrected chi connectivity index (χ0v) is 31.4. The molecule has 0 spiro atoms. The highest BCUT2D eigenvalue weighted by Gasteiger charge is 2.17. The molecule has 4 heteroatoms. The Morgan fingerprint density at radius 2 is 0.804 bits per heavy atom. The predicted molar refractivity (Wildman–Crippen MR) is 202 cm³/mol. The van der Waals surface area contributed by atoms with Gasteiger partial charge in [-0.2, -0.15) is 0 Å². The molecule has 0 radical (unpaired) electrons. The first kappa shape index (κ1) is 45.1. The molecule has 3 N–H and O–H groups in total. The smallest absolute Gasteiger partial charge is 0.220 e. The van der Waals surface area contributed by atoms with E-state index in [0.29, 0.717) is 6.42 Å². The van der Waals surface area contributed by atoms with E-state index in [2.05, 4.69) is 19.2 Å². The van der Waals surface area contributed by atoms with Crippen molar-refractivity contribution in [1.82, 2.24) is 5.32 Å². The number of nitrogens with one attached hydrogen (secondary N) is 1. The van der Waals surface area contributed by atoms with Gasteiger partial charge in [0.15, 0.2) is 0 Å². The summed E-state index contributed by atoms with van der Waals surface area (Å²) in [6.45, 7) is 4.31. The second-order valence-electron chi connectivity index (χ2n) is 14.4. The maximum atomic E-state index is 12.3. The van der Waals surface area contributed by atoms with E-state index in [4.69, 9.17) is 0 Å². The van der Waals surface area contributed by atoms with E-state index in [9.17, 15) is 15.0 Å². The van der Waals surface area contributed by atoms with Crippen LogP contribution < -0.4 is 5.32 Å². The molecule has 0 heterocycles. The minimum absolute atomic E-state index is 0.0632. The van der Waals surface area contributed by atoms with Gasteiger partial charge in [-0.15, -0.1) is 0 Å². The Bertz CT molecular complexity index is 622. The van der Waals surface area contributed by atoms with Gasteiger partial charge >= 0.3 is 0 Å². The number of aliphatic hydroxyl groups is 2. The average molecular weight is 650 g/mol. The Balaban J connectivity index is 3.50. The van der Waals surface area contributed by atoms with Gasteiger partial charge in [0, 0.05) is 6.42 Å². The van der Waals surface area contributed by atoms with E-state index in [0.717, 1.165) is 25.7 Å². The van der Waals surface area contributed by atoms with Gasteiger partial charge in [0.2, 0.25) is 5.91 Å². The van der Waals surface area contributed by atoms with Gasteiger partial charge in [0.25, 0.3) is 0 Å². The quantitative estimate of drug-likeness (QED) is 0.0460. The summed E-state index contributed by atoms with van der Waals surface area (Å²) >= 11 is 0. The largest absolute Gasteiger partial charge is 0.394 e. The lowest BCUT2D eigenvalue weighted by molar-refractivity contribution is -0.123. The van der Waals surface area contributed by atoms with E-state index < -0.39 is 12.1 Å². The molecule has 2 atom stereocenters. The number of hydrogen-bond acceptors (Lipinski definition) is 3. The first-order chi connectivity index (χ1) is 22.7. The van der Waals surface area contributed by atoms with Crippen LogP contribution in [0.5, 0.6) is 0 Å². The van der Waals surface area contributed by atoms with Crippen LogP contribution in [0.3, 0.4) is 0 Å². The van der Waals surface area contributed by atoms with Crippen LogP contribution in [0, 0.1) is 0 Å². The van der Waals surface area contributed by atoms with Crippen molar-refractivity contribution in [1.29, 1.82) is 0 Å². The molecule has 1 amide bonds. The fourth-order valence-corrected chi connectivity index (χ4v) is 6.53. The van der Waals surface area contributed by atoms with Crippen LogP contribution in [-0.2, 0) is 4.79 Å². The number of rotatable bonds is 38. The third kappa shape index (κ3) is 34.5. The molecule has 0 aliphatic carbocycles. The second kappa shape index (κ2) is 38.6. The molecule has 0 rings (SSSR count). The van der Waals surface area contributed by atoms with Crippen LogP contribution in [0.1, 0.15) is 232 Å². The maximum absolute atomic E-state index is 12.3. The number of aliphatic hydroxyl groups excluding tert-OH is 2. The van der Waals surface area contributed by atoms with Crippen LogP contribution in [0.2, 0.25) is 0 Å². The fraction of sp³-hybridized carbons (Fsp3) is 0.929. The van der Waals surface area contributed by atoms with Crippen LogP contribution in [-0.4, -0.2) is 34.9 Å². The molecule has 0 saturated heterocycles. The number of hydrogen-bond donors (Lipinski definition) is 3. The van der Waals surface area contributed by atoms with Crippen LogP contribution >= 0.6 is 0 Å². The lowest BCUT2D eigenvalue weighted by Crippen LogP contribution is -2.45. The topological polar surface area (TPSA) is 69.6 Å². The Labute approximate surface area is 288 Å². The van der Waals surface area contributed by atoms with Crippen LogP contribution in [0.25, 0.3) is 0 Å². The summed E-state index contributed by atoms with van der Waals surface area (Å²) in [5, 5.41) is 22.9. The summed E-state index contributed by atoms with van der Waals surface area (Å²) in [4.78, 5) is 12.3. The van der Waals surface area contributed by atoms with E-state index >= 15 is 0 Å². The Kier molecular flexibility index (Phi) is 37.8.